The van der Waals surface area contributed by atoms with E-state index in [-0.39, 0.29) is 12.1 Å². The van der Waals surface area contributed by atoms with Crippen LogP contribution < -0.4 is 25.5 Å². The molecule has 28 heavy (non-hydrogen) atoms. The van der Waals surface area contributed by atoms with Crippen molar-refractivity contribution in [2.75, 3.05) is 23.5 Å². The first-order valence-corrected chi connectivity index (χ1v) is 8.64. The Hall–Kier alpha value is -3.62. The second-order valence-electron chi connectivity index (χ2n) is 6.30. The summed E-state index contributed by atoms with van der Waals surface area (Å²) in [5.41, 5.74) is 6.57. The average Bonchev–Trinajstić information content (AvgIpc) is 3.14. The number of amides is 2. The largest absolute Gasteiger partial charge is 0.486 e. The number of carbonyl (C=O) groups is 2. The van der Waals surface area contributed by atoms with Crippen LogP contribution in [0.15, 0.2) is 47.6 Å². The summed E-state index contributed by atoms with van der Waals surface area (Å²) < 4.78 is 24.1. The molecule has 0 fully saturated rings. The summed E-state index contributed by atoms with van der Waals surface area (Å²) in [6.07, 6.45) is 0.0447. The second kappa shape index (κ2) is 7.18. The highest BCUT2D eigenvalue weighted by molar-refractivity contribution is 6.44. The van der Waals surface area contributed by atoms with Gasteiger partial charge in [0.25, 0.3) is 5.91 Å². The Morgan fingerprint density at radius 1 is 1.11 bits per heavy atom. The summed E-state index contributed by atoms with van der Waals surface area (Å²) in [4.78, 5) is 24.4. The van der Waals surface area contributed by atoms with Crippen LogP contribution >= 0.6 is 0 Å². The number of halogens is 1. The normalized spacial score (nSPS) is 17.8. The molecule has 144 valence electrons. The molecule has 0 saturated heterocycles. The zero-order valence-corrected chi connectivity index (χ0v) is 14.7. The zero-order chi connectivity index (χ0) is 19.7. The van der Waals surface area contributed by atoms with Crippen molar-refractivity contribution in [1.82, 2.24) is 0 Å². The molecule has 2 aliphatic rings. The number of carbonyl (C=O) groups excluding carboxylic acids is 2. The third-order valence-corrected chi connectivity index (χ3v) is 4.39. The molecule has 0 spiro atoms. The maximum absolute atomic E-state index is 13.2. The van der Waals surface area contributed by atoms with E-state index in [2.05, 4.69) is 10.4 Å². The lowest BCUT2D eigenvalue weighted by atomic mass is 10.1. The van der Waals surface area contributed by atoms with Gasteiger partial charge in [-0.05, 0) is 36.4 Å². The van der Waals surface area contributed by atoms with Crippen LogP contribution in [0.1, 0.15) is 6.42 Å². The summed E-state index contributed by atoms with van der Waals surface area (Å²) >= 11 is 0. The molecule has 3 N–H and O–H groups in total. The smallest absolute Gasteiger partial charge is 0.271 e. The van der Waals surface area contributed by atoms with Gasteiger partial charge < -0.3 is 20.5 Å². The van der Waals surface area contributed by atoms with Crippen molar-refractivity contribution in [2.45, 2.75) is 12.5 Å². The molecule has 2 heterocycles. The van der Waals surface area contributed by atoms with Crippen molar-refractivity contribution in [3.8, 4) is 11.5 Å². The fourth-order valence-electron chi connectivity index (χ4n) is 3.03. The number of anilines is 2. The van der Waals surface area contributed by atoms with Crippen LogP contribution in [0.3, 0.4) is 0 Å². The molecule has 0 radical (unpaired) electrons. The van der Waals surface area contributed by atoms with E-state index < -0.39 is 23.7 Å². The predicted molar refractivity (Wildman–Crippen MR) is 100.0 cm³/mol. The molecular weight excluding hydrogens is 367 g/mol. The molecule has 2 amide bonds. The van der Waals surface area contributed by atoms with E-state index in [1.165, 1.54) is 29.3 Å². The lowest BCUT2D eigenvalue weighted by Crippen LogP contribution is -2.39. The number of benzene rings is 2. The average molecular weight is 384 g/mol. The number of ether oxygens (including phenoxy) is 2. The van der Waals surface area contributed by atoms with Crippen molar-refractivity contribution in [2.24, 2.45) is 10.8 Å². The number of primary amides is 1. The van der Waals surface area contributed by atoms with Gasteiger partial charge in [0.05, 0.1) is 5.69 Å². The van der Waals surface area contributed by atoms with Gasteiger partial charge in [0.2, 0.25) is 5.91 Å². The number of fused-ring (bicyclic) bond motifs is 1. The van der Waals surface area contributed by atoms with Crippen LogP contribution in [0.25, 0.3) is 0 Å². The molecule has 1 unspecified atom stereocenters. The minimum Gasteiger partial charge on any atom is -0.486 e. The first-order valence-electron chi connectivity index (χ1n) is 8.64. The number of rotatable bonds is 4. The fourth-order valence-corrected chi connectivity index (χ4v) is 3.03. The van der Waals surface area contributed by atoms with Crippen LogP contribution in [-0.2, 0) is 9.59 Å². The highest BCUT2D eigenvalue weighted by atomic mass is 19.1. The highest BCUT2D eigenvalue weighted by Gasteiger charge is 2.35. The Balaban J connectivity index is 1.54. The topological polar surface area (TPSA) is 106 Å². The van der Waals surface area contributed by atoms with E-state index in [4.69, 9.17) is 15.2 Å². The number of nitrogens with two attached hydrogens (primary N) is 1. The van der Waals surface area contributed by atoms with Crippen LogP contribution in [-0.4, -0.2) is 36.8 Å². The van der Waals surface area contributed by atoms with Gasteiger partial charge in [-0.25, -0.2) is 4.39 Å². The Kier molecular flexibility index (Phi) is 4.56. The predicted octanol–water partition coefficient (Wildman–Crippen LogP) is 1.66. The van der Waals surface area contributed by atoms with Crippen LogP contribution in [0.2, 0.25) is 0 Å². The van der Waals surface area contributed by atoms with Crippen molar-refractivity contribution in [1.29, 1.82) is 0 Å². The lowest BCUT2D eigenvalue weighted by molar-refractivity contribution is -0.119. The molecule has 9 heteroatoms. The quantitative estimate of drug-likeness (QED) is 0.834. The molecule has 4 rings (SSSR count). The van der Waals surface area contributed by atoms with E-state index in [1.807, 2.05) is 0 Å². The molecule has 0 aliphatic carbocycles. The number of hydrogen-bond acceptors (Lipinski definition) is 6. The van der Waals surface area contributed by atoms with Gasteiger partial charge in [-0.2, -0.15) is 5.10 Å². The van der Waals surface area contributed by atoms with E-state index in [0.717, 1.165) is 0 Å². The SMILES string of the molecule is NC(=O)C1CC(C(=O)Nc2ccc3c(c2)OCCO3)=NN1c1ccc(F)cc1. The Morgan fingerprint density at radius 2 is 1.82 bits per heavy atom. The Labute approximate surface area is 159 Å². The maximum Gasteiger partial charge on any atom is 0.271 e. The lowest BCUT2D eigenvalue weighted by Gasteiger charge is -2.20. The third kappa shape index (κ3) is 3.46. The summed E-state index contributed by atoms with van der Waals surface area (Å²) in [5.74, 6) is -0.360. The molecule has 0 saturated carbocycles. The monoisotopic (exact) mass is 384 g/mol. The van der Waals surface area contributed by atoms with Crippen molar-refractivity contribution in [3.05, 3.63) is 48.3 Å². The molecule has 2 aromatic carbocycles. The van der Waals surface area contributed by atoms with Gasteiger partial charge in [-0.15, -0.1) is 0 Å². The fraction of sp³-hybridized carbons (Fsp3) is 0.211. The number of hydrogen-bond donors (Lipinski definition) is 2. The number of hydrazone groups is 1. The number of nitrogens with one attached hydrogen (secondary N) is 1. The van der Waals surface area contributed by atoms with Crippen molar-refractivity contribution < 1.29 is 23.5 Å². The van der Waals surface area contributed by atoms with Gasteiger partial charge in [-0.1, -0.05) is 0 Å². The minimum atomic E-state index is -0.827. The van der Waals surface area contributed by atoms with E-state index in [1.54, 1.807) is 18.2 Å². The van der Waals surface area contributed by atoms with Gasteiger partial charge in [0.1, 0.15) is 30.8 Å². The summed E-state index contributed by atoms with van der Waals surface area (Å²) in [5, 5.41) is 8.30. The van der Waals surface area contributed by atoms with Gasteiger partial charge in [-0.3, -0.25) is 14.6 Å². The molecule has 8 nitrogen and oxygen atoms in total. The number of nitrogens with zero attached hydrogens (tertiary/aromatic N) is 2. The van der Waals surface area contributed by atoms with E-state index in [0.29, 0.717) is 36.1 Å². The molecule has 0 aromatic heterocycles. The van der Waals surface area contributed by atoms with E-state index >= 15 is 0 Å². The van der Waals surface area contributed by atoms with Crippen molar-refractivity contribution in [3.63, 3.8) is 0 Å². The summed E-state index contributed by atoms with van der Waals surface area (Å²) in [7, 11) is 0. The van der Waals surface area contributed by atoms with Crippen LogP contribution in [0.5, 0.6) is 11.5 Å². The second-order valence-corrected chi connectivity index (χ2v) is 6.30. The Morgan fingerprint density at radius 3 is 2.54 bits per heavy atom. The minimum absolute atomic E-state index is 0.0447. The van der Waals surface area contributed by atoms with Gasteiger partial charge in [0, 0.05) is 18.2 Å². The third-order valence-electron chi connectivity index (χ3n) is 4.39. The molecular formula is C19H17FN4O4. The standard InChI is InChI=1S/C19H17FN4O4/c20-11-1-4-13(5-2-11)24-15(18(21)25)10-14(23-24)19(26)22-12-3-6-16-17(9-12)28-8-7-27-16/h1-6,9,15H,7-8,10H2,(H2,21,25)(H,22,26). The van der Waals surface area contributed by atoms with Crippen LogP contribution in [0, 0.1) is 5.82 Å². The zero-order valence-electron chi connectivity index (χ0n) is 14.7. The first kappa shape index (κ1) is 17.8. The summed E-state index contributed by atoms with van der Waals surface area (Å²) in [6.45, 7) is 0.910. The summed E-state index contributed by atoms with van der Waals surface area (Å²) in [6, 6.07) is 9.65. The van der Waals surface area contributed by atoms with Gasteiger partial charge in [0.15, 0.2) is 11.5 Å². The molecule has 2 aromatic rings. The molecule has 1 atom stereocenters. The van der Waals surface area contributed by atoms with Crippen molar-refractivity contribution >= 4 is 28.9 Å². The van der Waals surface area contributed by atoms with Crippen LogP contribution in [0.4, 0.5) is 15.8 Å². The van der Waals surface area contributed by atoms with Gasteiger partial charge >= 0.3 is 0 Å². The maximum atomic E-state index is 13.2. The first-order chi connectivity index (χ1) is 13.5. The molecule has 2 aliphatic heterocycles. The Bertz CT molecular complexity index is 961. The van der Waals surface area contributed by atoms with E-state index in [9.17, 15) is 14.0 Å². The highest BCUT2D eigenvalue weighted by Crippen LogP contribution is 2.33. The molecule has 0 bridgehead atoms.